The molecule has 2 fully saturated rings. The molecule has 1 aliphatic carbocycles. The van der Waals surface area contributed by atoms with E-state index in [4.69, 9.17) is 9.97 Å². The van der Waals surface area contributed by atoms with Crippen molar-refractivity contribution in [3.8, 4) is 11.4 Å². The number of nitrogens with zero attached hydrogens (tertiary/aromatic N) is 5. The van der Waals surface area contributed by atoms with Gasteiger partial charge in [-0.1, -0.05) is 13.8 Å². The van der Waals surface area contributed by atoms with Gasteiger partial charge in [0.25, 0.3) is 0 Å². The summed E-state index contributed by atoms with van der Waals surface area (Å²) in [6.07, 6.45) is 10.3. The van der Waals surface area contributed by atoms with Gasteiger partial charge in [0.1, 0.15) is 11.6 Å². The van der Waals surface area contributed by atoms with Gasteiger partial charge in [-0.05, 0) is 67.0 Å². The molecule has 4 aromatic rings. The first-order valence-corrected chi connectivity index (χ1v) is 12.4. The fourth-order valence-corrected chi connectivity index (χ4v) is 4.89. The summed E-state index contributed by atoms with van der Waals surface area (Å²) in [6.45, 7) is 6.47. The number of aromatic nitrogens is 5. The van der Waals surface area contributed by atoms with E-state index in [-0.39, 0.29) is 17.3 Å². The van der Waals surface area contributed by atoms with Gasteiger partial charge in [-0.25, -0.2) is 24.3 Å². The van der Waals surface area contributed by atoms with Crippen molar-refractivity contribution in [2.24, 2.45) is 5.41 Å². The van der Waals surface area contributed by atoms with E-state index >= 15 is 0 Å². The smallest absolute Gasteiger partial charge is 0.167 e. The Morgan fingerprint density at radius 2 is 1.92 bits per heavy atom. The number of hydrogen-bond donors (Lipinski definition) is 3. The molecule has 0 radical (unpaired) electrons. The van der Waals surface area contributed by atoms with E-state index in [2.05, 4.69) is 44.7 Å². The molecule has 184 valence electrons. The van der Waals surface area contributed by atoms with E-state index in [1.165, 1.54) is 30.7 Å². The minimum Gasteiger partial charge on any atom is -0.366 e. The molecule has 2 aliphatic rings. The molecule has 6 rings (SSSR count). The van der Waals surface area contributed by atoms with Crippen LogP contribution in [0.5, 0.6) is 0 Å². The summed E-state index contributed by atoms with van der Waals surface area (Å²) in [5.74, 6) is 2.08. The highest BCUT2D eigenvalue weighted by molar-refractivity contribution is 5.93. The van der Waals surface area contributed by atoms with Crippen LogP contribution in [0.2, 0.25) is 0 Å². The lowest BCUT2D eigenvalue weighted by Gasteiger charge is -2.40. The molecule has 0 aromatic carbocycles. The molecule has 5 heterocycles. The van der Waals surface area contributed by atoms with Gasteiger partial charge in [-0.2, -0.15) is 0 Å². The second-order valence-corrected chi connectivity index (χ2v) is 10.3. The molecule has 0 bridgehead atoms. The predicted octanol–water partition coefficient (Wildman–Crippen LogP) is 5.04. The molecule has 3 N–H and O–H groups in total. The van der Waals surface area contributed by atoms with Crippen LogP contribution < -0.4 is 16.0 Å². The number of piperidine rings is 1. The molecule has 1 saturated carbocycles. The Bertz CT molecular complexity index is 1420. The zero-order valence-corrected chi connectivity index (χ0v) is 20.4. The number of rotatable bonds is 6. The lowest BCUT2D eigenvalue weighted by atomic mass is 9.80. The fourth-order valence-electron chi connectivity index (χ4n) is 4.89. The number of anilines is 3. The van der Waals surface area contributed by atoms with Crippen LogP contribution in [0.4, 0.5) is 21.8 Å². The molecule has 1 atom stereocenters. The summed E-state index contributed by atoms with van der Waals surface area (Å²) in [7, 11) is 0. The van der Waals surface area contributed by atoms with Crippen LogP contribution >= 0.6 is 0 Å². The van der Waals surface area contributed by atoms with Gasteiger partial charge >= 0.3 is 0 Å². The highest BCUT2D eigenvalue weighted by Crippen LogP contribution is 2.44. The molecular formula is C27H29FN8. The largest absolute Gasteiger partial charge is 0.366 e. The molecule has 4 aromatic heterocycles. The van der Waals surface area contributed by atoms with E-state index < -0.39 is 5.82 Å². The highest BCUT2D eigenvalue weighted by Gasteiger charge is 2.34. The van der Waals surface area contributed by atoms with Crippen molar-refractivity contribution in [1.82, 2.24) is 30.2 Å². The monoisotopic (exact) mass is 484 g/mol. The zero-order valence-electron chi connectivity index (χ0n) is 20.4. The Morgan fingerprint density at radius 3 is 2.72 bits per heavy atom. The quantitative estimate of drug-likeness (QED) is 0.350. The van der Waals surface area contributed by atoms with Gasteiger partial charge in [0.2, 0.25) is 0 Å². The lowest BCUT2D eigenvalue weighted by molar-refractivity contribution is 0.236. The fraction of sp³-hybridized carbons (Fsp3) is 0.370. The van der Waals surface area contributed by atoms with Crippen molar-refractivity contribution in [2.75, 3.05) is 23.7 Å². The standard InChI is InChI=1S/C27H29FN8/c1-27(2)15-29-10-8-21(27)34-26-23-18(16-5-6-16)13-30-14-20(23)33-24(36-26)17-7-11-31-22(12-17)35-25-19(28)4-3-9-32-25/h3-4,7,9,11-14,16,21,29H,5-6,8,10,15H2,1-2H3,(H,31,32,35)(H,33,34,36). The Kier molecular flexibility index (Phi) is 5.72. The van der Waals surface area contributed by atoms with Crippen molar-refractivity contribution in [1.29, 1.82) is 0 Å². The van der Waals surface area contributed by atoms with Gasteiger partial charge < -0.3 is 16.0 Å². The van der Waals surface area contributed by atoms with Crippen molar-refractivity contribution >= 4 is 28.4 Å². The third-order valence-electron chi connectivity index (χ3n) is 7.12. The lowest BCUT2D eigenvalue weighted by Crippen LogP contribution is -2.49. The number of fused-ring (bicyclic) bond motifs is 1. The predicted molar refractivity (Wildman–Crippen MR) is 139 cm³/mol. The summed E-state index contributed by atoms with van der Waals surface area (Å²) in [5, 5.41) is 11.3. The topological polar surface area (TPSA) is 101 Å². The molecule has 0 spiro atoms. The van der Waals surface area contributed by atoms with Crippen LogP contribution in [0.1, 0.15) is 44.6 Å². The first kappa shape index (κ1) is 22.7. The second kappa shape index (κ2) is 9.05. The maximum absolute atomic E-state index is 14.1. The maximum Gasteiger partial charge on any atom is 0.167 e. The molecular weight excluding hydrogens is 455 g/mol. The molecule has 36 heavy (non-hydrogen) atoms. The van der Waals surface area contributed by atoms with E-state index in [0.717, 1.165) is 41.8 Å². The number of halogens is 1. The van der Waals surface area contributed by atoms with E-state index in [9.17, 15) is 4.39 Å². The van der Waals surface area contributed by atoms with Crippen LogP contribution in [-0.4, -0.2) is 44.1 Å². The van der Waals surface area contributed by atoms with E-state index in [1.807, 2.05) is 24.5 Å². The summed E-state index contributed by atoms with van der Waals surface area (Å²) in [5.41, 5.74) is 2.88. The summed E-state index contributed by atoms with van der Waals surface area (Å²) in [4.78, 5) is 22.9. The average Bonchev–Trinajstić information content (AvgIpc) is 3.72. The SMILES string of the molecule is CC1(C)CNCCC1Nc1nc(-c2ccnc(Nc3ncccc3F)c2)nc2cncc(C3CC3)c12. The van der Waals surface area contributed by atoms with Gasteiger partial charge in [-0.15, -0.1) is 0 Å². The van der Waals surface area contributed by atoms with Crippen molar-refractivity contribution < 1.29 is 4.39 Å². The van der Waals surface area contributed by atoms with Gasteiger partial charge in [0, 0.05) is 42.1 Å². The van der Waals surface area contributed by atoms with E-state index in [1.54, 1.807) is 12.3 Å². The molecule has 1 aliphatic heterocycles. The Balaban J connectivity index is 1.42. The first-order chi connectivity index (χ1) is 17.5. The van der Waals surface area contributed by atoms with E-state index in [0.29, 0.717) is 17.6 Å². The number of nitrogens with one attached hydrogen (secondary N) is 3. The minimum absolute atomic E-state index is 0.0724. The average molecular weight is 485 g/mol. The molecule has 1 unspecified atom stereocenters. The van der Waals surface area contributed by atoms with Gasteiger partial charge in [0.05, 0.1) is 11.7 Å². The van der Waals surface area contributed by atoms with Crippen LogP contribution in [-0.2, 0) is 0 Å². The molecule has 0 amide bonds. The molecule has 1 saturated heterocycles. The minimum atomic E-state index is -0.443. The summed E-state index contributed by atoms with van der Waals surface area (Å²) in [6, 6.07) is 6.85. The Hall–Kier alpha value is -3.72. The van der Waals surface area contributed by atoms with Crippen LogP contribution in [0.15, 0.2) is 49.1 Å². The first-order valence-electron chi connectivity index (χ1n) is 12.4. The van der Waals surface area contributed by atoms with Gasteiger partial charge in [0.15, 0.2) is 17.5 Å². The number of pyridine rings is 3. The second-order valence-electron chi connectivity index (χ2n) is 10.3. The molecule has 8 nitrogen and oxygen atoms in total. The van der Waals surface area contributed by atoms with Gasteiger partial charge in [-0.3, -0.25) is 4.98 Å². The Labute approximate surface area is 209 Å². The number of hydrogen-bond acceptors (Lipinski definition) is 8. The normalized spacial score (nSPS) is 19.2. The van der Waals surface area contributed by atoms with Crippen LogP contribution in [0.3, 0.4) is 0 Å². The van der Waals surface area contributed by atoms with Crippen molar-refractivity contribution in [2.45, 2.75) is 45.1 Å². The molecule has 9 heteroatoms. The summed E-state index contributed by atoms with van der Waals surface area (Å²) >= 11 is 0. The van der Waals surface area contributed by atoms with Crippen molar-refractivity contribution in [3.05, 3.63) is 60.4 Å². The van der Waals surface area contributed by atoms with Crippen LogP contribution in [0.25, 0.3) is 22.3 Å². The zero-order chi connectivity index (χ0) is 24.7. The summed E-state index contributed by atoms with van der Waals surface area (Å²) < 4.78 is 14.1. The maximum atomic E-state index is 14.1. The Morgan fingerprint density at radius 1 is 1.03 bits per heavy atom. The van der Waals surface area contributed by atoms with Crippen LogP contribution in [0, 0.1) is 11.2 Å². The highest BCUT2D eigenvalue weighted by atomic mass is 19.1. The third-order valence-corrected chi connectivity index (χ3v) is 7.12. The van der Waals surface area contributed by atoms with Crippen molar-refractivity contribution in [3.63, 3.8) is 0 Å². The third kappa shape index (κ3) is 4.46.